The summed E-state index contributed by atoms with van der Waals surface area (Å²) >= 11 is 0. The molecule has 0 spiro atoms. The standard InChI is InChI=1S/C26H36O6/c1-7-24(30)32-23(13-26(6)17(4)9-11-21(28)18(26)5)15(2)8-10-19-22(29)12-16(3)20(14-27)25(19)31/h8,12,14,17-18,23,29,31H,7,9-11,13H2,1-6H3/b15-8+/t17-,18+,23-,26+/m1/s1. The van der Waals surface area contributed by atoms with Crippen molar-refractivity contribution < 1.29 is 29.3 Å². The number of benzene rings is 1. The van der Waals surface area contributed by atoms with Crippen molar-refractivity contribution >= 4 is 18.0 Å². The van der Waals surface area contributed by atoms with Gasteiger partial charge < -0.3 is 14.9 Å². The molecule has 6 nitrogen and oxygen atoms in total. The average Bonchev–Trinajstić information content (AvgIpc) is 2.74. The molecule has 0 unspecified atom stereocenters. The summed E-state index contributed by atoms with van der Waals surface area (Å²) in [6.07, 6.45) is 4.17. The Kier molecular flexibility index (Phi) is 8.27. The predicted molar refractivity (Wildman–Crippen MR) is 123 cm³/mol. The van der Waals surface area contributed by atoms with Gasteiger partial charge in [-0.15, -0.1) is 0 Å². The van der Waals surface area contributed by atoms with Gasteiger partial charge in [0.25, 0.3) is 0 Å². The number of carbonyl (C=O) groups is 3. The van der Waals surface area contributed by atoms with Crippen molar-refractivity contribution in [1.82, 2.24) is 0 Å². The Hall–Kier alpha value is -2.63. The highest BCUT2D eigenvalue weighted by atomic mass is 16.5. The van der Waals surface area contributed by atoms with Crippen molar-refractivity contribution in [3.63, 3.8) is 0 Å². The highest BCUT2D eigenvalue weighted by Crippen LogP contribution is 2.47. The third-order valence-electron chi connectivity index (χ3n) is 7.49. The average molecular weight is 445 g/mol. The fourth-order valence-electron chi connectivity index (χ4n) is 4.60. The molecule has 0 aliphatic heterocycles. The van der Waals surface area contributed by atoms with Gasteiger partial charge in [0.1, 0.15) is 23.4 Å². The number of Topliss-reactive ketones (excluding diaryl/α,β-unsaturated/α-hetero) is 1. The number of aryl methyl sites for hydroxylation is 1. The second kappa shape index (κ2) is 10.3. The van der Waals surface area contributed by atoms with E-state index in [-0.39, 0.29) is 58.6 Å². The van der Waals surface area contributed by atoms with E-state index in [2.05, 4.69) is 13.8 Å². The van der Waals surface area contributed by atoms with Crippen LogP contribution in [0.25, 0.3) is 0 Å². The van der Waals surface area contributed by atoms with Gasteiger partial charge in [0.05, 0.1) is 5.56 Å². The number of carbonyl (C=O) groups excluding carboxylic acids is 3. The fourth-order valence-corrected chi connectivity index (χ4v) is 4.60. The molecule has 0 aromatic heterocycles. The molecule has 0 radical (unpaired) electrons. The Morgan fingerprint density at radius 3 is 2.59 bits per heavy atom. The molecule has 1 aliphatic rings. The van der Waals surface area contributed by atoms with Crippen LogP contribution in [0.5, 0.6) is 11.5 Å². The maximum absolute atomic E-state index is 12.5. The largest absolute Gasteiger partial charge is 0.508 e. The number of allylic oxidation sites excluding steroid dienone is 1. The van der Waals surface area contributed by atoms with E-state index >= 15 is 0 Å². The molecule has 0 saturated heterocycles. The Bertz CT molecular complexity index is 915. The normalized spacial score (nSPS) is 24.8. The maximum Gasteiger partial charge on any atom is 0.306 e. The van der Waals surface area contributed by atoms with E-state index in [9.17, 15) is 24.6 Å². The topological polar surface area (TPSA) is 101 Å². The van der Waals surface area contributed by atoms with Gasteiger partial charge in [0, 0.05) is 24.3 Å². The summed E-state index contributed by atoms with van der Waals surface area (Å²) < 4.78 is 5.77. The summed E-state index contributed by atoms with van der Waals surface area (Å²) in [7, 11) is 0. The molecular weight excluding hydrogens is 408 g/mol. The molecule has 1 saturated carbocycles. The SMILES string of the molecule is CCC(=O)O[C@H](C[C@@]1(C)[C@H](C)CCC(=O)[C@@H]1C)/C(C)=C/Cc1c(O)cc(C)c(C=O)c1O. The molecule has 6 heteroatoms. The Morgan fingerprint density at radius 2 is 2.00 bits per heavy atom. The number of aromatic hydroxyl groups is 2. The molecule has 1 aromatic carbocycles. The predicted octanol–water partition coefficient (Wildman–Crippen LogP) is 5.06. The van der Waals surface area contributed by atoms with Gasteiger partial charge in [-0.2, -0.15) is 0 Å². The van der Waals surface area contributed by atoms with E-state index in [1.165, 1.54) is 6.07 Å². The van der Waals surface area contributed by atoms with E-state index in [1.807, 2.05) is 13.8 Å². The van der Waals surface area contributed by atoms with Crippen LogP contribution in [-0.2, 0) is 20.7 Å². The zero-order chi connectivity index (χ0) is 24.2. The summed E-state index contributed by atoms with van der Waals surface area (Å²) in [5.74, 6) is -0.255. The smallest absolute Gasteiger partial charge is 0.306 e. The number of phenols is 2. The van der Waals surface area contributed by atoms with Gasteiger partial charge in [-0.3, -0.25) is 14.4 Å². The van der Waals surface area contributed by atoms with Gasteiger partial charge in [0.2, 0.25) is 0 Å². The molecule has 0 amide bonds. The number of esters is 1. The molecule has 2 N–H and O–H groups in total. The first-order valence-electron chi connectivity index (χ1n) is 11.3. The molecule has 1 aliphatic carbocycles. The highest BCUT2D eigenvalue weighted by Gasteiger charge is 2.45. The number of ketones is 1. The van der Waals surface area contributed by atoms with Crippen molar-refractivity contribution in [3.8, 4) is 11.5 Å². The van der Waals surface area contributed by atoms with Crippen molar-refractivity contribution in [3.05, 3.63) is 34.4 Å². The van der Waals surface area contributed by atoms with Crippen LogP contribution in [-0.4, -0.2) is 34.4 Å². The number of rotatable bonds is 8. The summed E-state index contributed by atoms with van der Waals surface area (Å²) in [5.41, 5.74) is 1.35. The monoisotopic (exact) mass is 444 g/mol. The van der Waals surface area contributed by atoms with Crippen LogP contribution in [0.15, 0.2) is 17.7 Å². The van der Waals surface area contributed by atoms with Gasteiger partial charge in [0.15, 0.2) is 6.29 Å². The second-order valence-electron chi connectivity index (χ2n) is 9.39. The third-order valence-corrected chi connectivity index (χ3v) is 7.49. The van der Waals surface area contributed by atoms with Gasteiger partial charge in [-0.1, -0.05) is 33.8 Å². The minimum absolute atomic E-state index is 0.0937. The lowest BCUT2D eigenvalue weighted by atomic mass is 9.59. The molecular formula is C26H36O6. The quantitative estimate of drug-likeness (QED) is 0.330. The van der Waals surface area contributed by atoms with E-state index in [0.717, 1.165) is 12.0 Å². The van der Waals surface area contributed by atoms with Crippen LogP contribution in [0.2, 0.25) is 0 Å². The lowest BCUT2D eigenvalue weighted by Crippen LogP contribution is -2.44. The number of hydrogen-bond donors (Lipinski definition) is 2. The second-order valence-corrected chi connectivity index (χ2v) is 9.39. The lowest BCUT2D eigenvalue weighted by molar-refractivity contribution is -0.150. The van der Waals surface area contributed by atoms with Crippen molar-refractivity contribution in [2.45, 2.75) is 79.8 Å². The first kappa shape index (κ1) is 25.6. The molecule has 32 heavy (non-hydrogen) atoms. The molecule has 1 aromatic rings. The van der Waals surface area contributed by atoms with Crippen LogP contribution in [0.4, 0.5) is 0 Å². The number of hydrogen-bond acceptors (Lipinski definition) is 6. The molecule has 4 atom stereocenters. The van der Waals surface area contributed by atoms with E-state index in [4.69, 9.17) is 4.74 Å². The first-order chi connectivity index (χ1) is 15.0. The van der Waals surface area contributed by atoms with Crippen molar-refractivity contribution in [2.75, 3.05) is 0 Å². The summed E-state index contributed by atoms with van der Waals surface area (Å²) in [6, 6.07) is 1.45. The van der Waals surface area contributed by atoms with Gasteiger partial charge >= 0.3 is 5.97 Å². The van der Waals surface area contributed by atoms with E-state index in [1.54, 1.807) is 19.9 Å². The molecule has 0 heterocycles. The number of phenolic OH excluding ortho intramolecular Hbond substituents is 2. The summed E-state index contributed by atoms with van der Waals surface area (Å²) in [6.45, 7) is 11.4. The highest BCUT2D eigenvalue weighted by molar-refractivity contribution is 5.83. The van der Waals surface area contributed by atoms with Crippen LogP contribution < -0.4 is 0 Å². The molecule has 176 valence electrons. The Morgan fingerprint density at radius 1 is 1.34 bits per heavy atom. The van der Waals surface area contributed by atoms with Crippen molar-refractivity contribution in [1.29, 1.82) is 0 Å². The van der Waals surface area contributed by atoms with Crippen molar-refractivity contribution in [2.24, 2.45) is 17.3 Å². The molecule has 0 bridgehead atoms. The summed E-state index contributed by atoms with van der Waals surface area (Å²) in [5, 5.41) is 20.7. The zero-order valence-electron chi connectivity index (χ0n) is 20.0. The van der Waals surface area contributed by atoms with Crippen LogP contribution >= 0.6 is 0 Å². The van der Waals surface area contributed by atoms with E-state index in [0.29, 0.717) is 30.6 Å². The zero-order valence-corrected chi connectivity index (χ0v) is 20.0. The Labute approximate surface area is 190 Å². The molecule has 1 fully saturated rings. The number of ether oxygens (including phenoxy) is 1. The maximum atomic E-state index is 12.5. The van der Waals surface area contributed by atoms with Crippen LogP contribution in [0.3, 0.4) is 0 Å². The minimum Gasteiger partial charge on any atom is -0.508 e. The van der Waals surface area contributed by atoms with E-state index < -0.39 is 6.10 Å². The van der Waals surface area contributed by atoms with Gasteiger partial charge in [-0.05, 0) is 61.6 Å². The Balaban J connectivity index is 2.37. The summed E-state index contributed by atoms with van der Waals surface area (Å²) in [4.78, 5) is 35.9. The van der Waals surface area contributed by atoms with Gasteiger partial charge in [-0.25, -0.2) is 0 Å². The molecule has 2 rings (SSSR count). The third kappa shape index (κ3) is 5.22. The fraction of sp³-hybridized carbons (Fsp3) is 0.577. The lowest BCUT2D eigenvalue weighted by Gasteiger charge is -2.45. The number of aldehydes is 1. The first-order valence-corrected chi connectivity index (χ1v) is 11.3. The minimum atomic E-state index is -0.525. The van der Waals surface area contributed by atoms with Crippen LogP contribution in [0, 0.1) is 24.2 Å². The van der Waals surface area contributed by atoms with Crippen LogP contribution in [0.1, 0.15) is 81.8 Å².